The van der Waals surface area contributed by atoms with Gasteiger partial charge >= 0.3 is 11.9 Å². The number of esters is 2. The first-order valence-corrected chi connectivity index (χ1v) is 8.03. The van der Waals surface area contributed by atoms with E-state index in [1.807, 2.05) is 0 Å². The second kappa shape index (κ2) is 9.22. The van der Waals surface area contributed by atoms with Crippen molar-refractivity contribution in [3.05, 3.63) is 59.7 Å². The van der Waals surface area contributed by atoms with Crippen molar-refractivity contribution in [2.45, 2.75) is 6.92 Å². The summed E-state index contributed by atoms with van der Waals surface area (Å²) in [5, 5.41) is 5.61. The lowest BCUT2D eigenvalue weighted by molar-refractivity contribution is -0.114. The number of carbonyl (C=O) groups is 3. The second-order valence-electron chi connectivity index (χ2n) is 5.24. The summed E-state index contributed by atoms with van der Waals surface area (Å²) in [6.45, 7) is 2.05. The number of benzene rings is 2. The maximum absolute atomic E-state index is 12.1. The van der Waals surface area contributed by atoms with E-state index in [9.17, 15) is 14.4 Å². The Hall–Kier alpha value is -3.35. The number of amides is 1. The van der Waals surface area contributed by atoms with E-state index in [1.54, 1.807) is 55.5 Å². The van der Waals surface area contributed by atoms with Crippen LogP contribution in [0.3, 0.4) is 0 Å². The lowest BCUT2D eigenvalue weighted by Crippen LogP contribution is -2.23. The van der Waals surface area contributed by atoms with Gasteiger partial charge in [0.1, 0.15) is 0 Å². The molecule has 0 aliphatic carbocycles. The van der Waals surface area contributed by atoms with Crippen molar-refractivity contribution in [3.8, 4) is 0 Å². The van der Waals surface area contributed by atoms with Gasteiger partial charge in [-0.25, -0.2) is 9.59 Å². The second-order valence-corrected chi connectivity index (χ2v) is 5.24. The number of hydrogen-bond acceptors (Lipinski definition) is 6. The number of carbonyl (C=O) groups excluding carboxylic acids is 3. The molecule has 0 unspecified atom stereocenters. The minimum atomic E-state index is -0.525. The highest BCUT2D eigenvalue weighted by Gasteiger charge is 2.13. The Morgan fingerprint density at radius 1 is 0.962 bits per heavy atom. The molecule has 0 heterocycles. The SMILES string of the molecule is CCOC(=O)c1ccc(NCC(=O)Nc2ccccc2C(=O)OC)cc1. The molecule has 7 nitrogen and oxygen atoms in total. The fourth-order valence-electron chi connectivity index (χ4n) is 2.20. The molecule has 0 fully saturated rings. The molecule has 7 heteroatoms. The highest BCUT2D eigenvalue weighted by molar-refractivity contribution is 6.02. The van der Waals surface area contributed by atoms with Gasteiger partial charge in [-0.15, -0.1) is 0 Å². The number of ether oxygens (including phenoxy) is 2. The molecule has 1 amide bonds. The van der Waals surface area contributed by atoms with E-state index in [-0.39, 0.29) is 18.0 Å². The standard InChI is InChI=1S/C19H20N2O5/c1-3-26-18(23)13-8-10-14(11-9-13)20-12-17(22)21-16-7-5-4-6-15(16)19(24)25-2/h4-11,20H,3,12H2,1-2H3,(H,21,22). The number of methoxy groups -OCH3 is 1. The summed E-state index contributed by atoms with van der Waals surface area (Å²) in [6, 6.07) is 13.2. The van der Waals surface area contributed by atoms with Gasteiger partial charge in [0.25, 0.3) is 0 Å². The number of para-hydroxylation sites is 1. The van der Waals surface area contributed by atoms with Gasteiger partial charge in [-0.1, -0.05) is 12.1 Å². The van der Waals surface area contributed by atoms with Gasteiger partial charge in [-0.3, -0.25) is 4.79 Å². The predicted molar refractivity (Wildman–Crippen MR) is 97.3 cm³/mol. The van der Waals surface area contributed by atoms with E-state index in [0.29, 0.717) is 23.5 Å². The van der Waals surface area contributed by atoms with Gasteiger partial charge in [0.15, 0.2) is 0 Å². The summed E-state index contributed by atoms with van der Waals surface area (Å²) in [7, 11) is 1.28. The summed E-state index contributed by atoms with van der Waals surface area (Å²) in [5.74, 6) is -1.24. The number of hydrogen-bond donors (Lipinski definition) is 2. The lowest BCUT2D eigenvalue weighted by Gasteiger charge is -2.11. The molecule has 0 aromatic heterocycles. The zero-order valence-corrected chi connectivity index (χ0v) is 14.6. The van der Waals surface area contributed by atoms with Crippen LogP contribution in [-0.2, 0) is 14.3 Å². The fraction of sp³-hybridized carbons (Fsp3) is 0.211. The summed E-state index contributed by atoms with van der Waals surface area (Å²) in [6.07, 6.45) is 0. The molecule has 0 aliphatic heterocycles. The molecule has 2 aromatic rings. The third-order valence-corrected chi connectivity index (χ3v) is 3.46. The topological polar surface area (TPSA) is 93.7 Å². The number of rotatable bonds is 7. The Labute approximate surface area is 151 Å². The zero-order valence-electron chi connectivity index (χ0n) is 14.6. The molecular formula is C19H20N2O5. The van der Waals surface area contributed by atoms with Crippen LogP contribution in [0.2, 0.25) is 0 Å². The highest BCUT2D eigenvalue weighted by atomic mass is 16.5. The van der Waals surface area contributed by atoms with Gasteiger partial charge < -0.3 is 20.1 Å². The van der Waals surface area contributed by atoms with Gasteiger partial charge in [0.2, 0.25) is 5.91 Å². The molecule has 2 aromatic carbocycles. The Morgan fingerprint density at radius 3 is 2.31 bits per heavy atom. The zero-order chi connectivity index (χ0) is 18.9. The van der Waals surface area contributed by atoms with Crippen LogP contribution in [-0.4, -0.2) is 38.1 Å². The Bertz CT molecular complexity index is 787. The highest BCUT2D eigenvalue weighted by Crippen LogP contribution is 2.16. The quantitative estimate of drug-likeness (QED) is 0.741. The van der Waals surface area contributed by atoms with Crippen LogP contribution < -0.4 is 10.6 Å². The van der Waals surface area contributed by atoms with Crippen molar-refractivity contribution in [1.82, 2.24) is 0 Å². The van der Waals surface area contributed by atoms with Crippen LogP contribution in [0.5, 0.6) is 0 Å². The third kappa shape index (κ3) is 5.07. The van der Waals surface area contributed by atoms with Gasteiger partial charge in [0.05, 0.1) is 37.1 Å². The largest absolute Gasteiger partial charge is 0.465 e. The first kappa shape index (κ1) is 19.0. The molecule has 136 valence electrons. The van der Waals surface area contributed by atoms with Crippen LogP contribution in [0.15, 0.2) is 48.5 Å². The average Bonchev–Trinajstić information content (AvgIpc) is 2.67. The van der Waals surface area contributed by atoms with Gasteiger partial charge in [-0.05, 0) is 43.3 Å². The molecule has 0 radical (unpaired) electrons. The minimum Gasteiger partial charge on any atom is -0.465 e. The molecule has 2 rings (SSSR count). The summed E-state index contributed by atoms with van der Waals surface area (Å²) in [5.41, 5.74) is 1.77. The third-order valence-electron chi connectivity index (χ3n) is 3.46. The molecule has 0 saturated heterocycles. The van der Waals surface area contributed by atoms with Crippen LogP contribution in [0, 0.1) is 0 Å². The van der Waals surface area contributed by atoms with Gasteiger partial charge in [-0.2, -0.15) is 0 Å². The Morgan fingerprint density at radius 2 is 1.65 bits per heavy atom. The van der Waals surface area contributed by atoms with Crippen molar-refractivity contribution >= 4 is 29.2 Å². The number of anilines is 2. The molecule has 26 heavy (non-hydrogen) atoms. The summed E-state index contributed by atoms with van der Waals surface area (Å²) in [4.78, 5) is 35.4. The van der Waals surface area contributed by atoms with Gasteiger partial charge in [0, 0.05) is 5.69 Å². The van der Waals surface area contributed by atoms with Crippen LogP contribution >= 0.6 is 0 Å². The first-order valence-electron chi connectivity index (χ1n) is 8.03. The first-order chi connectivity index (χ1) is 12.5. The molecule has 0 spiro atoms. The summed E-state index contributed by atoms with van der Waals surface area (Å²) < 4.78 is 9.60. The van der Waals surface area contributed by atoms with Crippen molar-refractivity contribution in [1.29, 1.82) is 0 Å². The Kier molecular flexibility index (Phi) is 6.73. The van der Waals surface area contributed by atoms with Crippen molar-refractivity contribution in [3.63, 3.8) is 0 Å². The van der Waals surface area contributed by atoms with E-state index in [4.69, 9.17) is 9.47 Å². The Balaban J connectivity index is 1.93. The molecular weight excluding hydrogens is 336 g/mol. The summed E-state index contributed by atoms with van der Waals surface area (Å²) >= 11 is 0. The van der Waals surface area contributed by atoms with E-state index < -0.39 is 11.9 Å². The monoisotopic (exact) mass is 356 g/mol. The molecule has 0 bridgehead atoms. The van der Waals surface area contributed by atoms with Crippen LogP contribution in [0.4, 0.5) is 11.4 Å². The van der Waals surface area contributed by atoms with Crippen molar-refractivity contribution in [2.24, 2.45) is 0 Å². The maximum Gasteiger partial charge on any atom is 0.339 e. The molecule has 0 aliphatic rings. The maximum atomic E-state index is 12.1. The average molecular weight is 356 g/mol. The fourth-order valence-corrected chi connectivity index (χ4v) is 2.20. The molecule has 0 saturated carbocycles. The van der Waals surface area contributed by atoms with E-state index in [2.05, 4.69) is 10.6 Å². The smallest absolute Gasteiger partial charge is 0.339 e. The van der Waals surface area contributed by atoms with Crippen molar-refractivity contribution < 1.29 is 23.9 Å². The van der Waals surface area contributed by atoms with E-state index in [0.717, 1.165) is 0 Å². The normalized spacial score (nSPS) is 9.92. The van der Waals surface area contributed by atoms with Crippen molar-refractivity contribution in [2.75, 3.05) is 30.9 Å². The molecule has 2 N–H and O–H groups in total. The van der Waals surface area contributed by atoms with E-state index >= 15 is 0 Å². The molecule has 0 atom stereocenters. The minimum absolute atomic E-state index is 0.00569. The van der Waals surface area contributed by atoms with Crippen LogP contribution in [0.25, 0.3) is 0 Å². The predicted octanol–water partition coefficient (Wildman–Crippen LogP) is 2.70. The van der Waals surface area contributed by atoms with E-state index in [1.165, 1.54) is 7.11 Å². The number of nitrogens with one attached hydrogen (secondary N) is 2. The lowest BCUT2D eigenvalue weighted by atomic mass is 10.2. The van der Waals surface area contributed by atoms with Crippen LogP contribution in [0.1, 0.15) is 27.6 Å².